The first-order valence-corrected chi connectivity index (χ1v) is 8.05. The SMILES string of the molecule is CN=C(NCC1CCOC1)NC1CC1c1c(F)cccc1Cl.I. The lowest BCUT2D eigenvalue weighted by atomic mass is 10.1. The van der Waals surface area contributed by atoms with Crippen molar-refractivity contribution in [2.24, 2.45) is 10.9 Å². The van der Waals surface area contributed by atoms with Crippen LogP contribution in [0.3, 0.4) is 0 Å². The Kier molecular flexibility index (Phi) is 6.91. The highest BCUT2D eigenvalue weighted by molar-refractivity contribution is 14.0. The maximum absolute atomic E-state index is 13.9. The van der Waals surface area contributed by atoms with Crippen LogP contribution in [0.1, 0.15) is 24.3 Å². The van der Waals surface area contributed by atoms with Gasteiger partial charge < -0.3 is 15.4 Å². The standard InChI is InChI=1S/C16H21ClFN3O.HI/c1-19-16(20-8-10-5-6-22-9-10)21-14-7-11(14)15-12(17)3-2-4-13(15)18;/h2-4,10-11,14H,5-9H2,1H3,(H2,19,20,21);1H. The van der Waals surface area contributed by atoms with Gasteiger partial charge in [-0.15, -0.1) is 24.0 Å². The summed E-state index contributed by atoms with van der Waals surface area (Å²) in [5.41, 5.74) is 0.612. The van der Waals surface area contributed by atoms with Gasteiger partial charge in [0.15, 0.2) is 5.96 Å². The van der Waals surface area contributed by atoms with Crippen molar-refractivity contribution in [3.63, 3.8) is 0 Å². The minimum atomic E-state index is -0.229. The molecule has 2 fully saturated rings. The van der Waals surface area contributed by atoms with Gasteiger partial charge in [-0.05, 0) is 25.0 Å². The average Bonchev–Trinajstić information content (AvgIpc) is 3.04. The monoisotopic (exact) mass is 453 g/mol. The van der Waals surface area contributed by atoms with Gasteiger partial charge in [0.2, 0.25) is 0 Å². The number of benzene rings is 1. The smallest absolute Gasteiger partial charge is 0.191 e. The predicted molar refractivity (Wildman–Crippen MR) is 101 cm³/mol. The van der Waals surface area contributed by atoms with Crippen LogP contribution < -0.4 is 10.6 Å². The summed E-state index contributed by atoms with van der Waals surface area (Å²) >= 11 is 6.12. The fourth-order valence-electron chi connectivity index (χ4n) is 2.89. The third-order valence-electron chi connectivity index (χ3n) is 4.29. The lowest BCUT2D eigenvalue weighted by Crippen LogP contribution is -2.41. The van der Waals surface area contributed by atoms with E-state index in [9.17, 15) is 4.39 Å². The molecule has 7 heteroatoms. The van der Waals surface area contributed by atoms with E-state index in [0.717, 1.165) is 38.6 Å². The molecule has 1 saturated heterocycles. The molecule has 1 aliphatic heterocycles. The van der Waals surface area contributed by atoms with Crippen molar-refractivity contribution in [2.75, 3.05) is 26.8 Å². The molecule has 2 aliphatic rings. The topological polar surface area (TPSA) is 45.7 Å². The highest BCUT2D eigenvalue weighted by atomic mass is 127. The molecule has 3 unspecified atom stereocenters. The zero-order chi connectivity index (χ0) is 15.5. The lowest BCUT2D eigenvalue weighted by Gasteiger charge is -2.14. The molecular formula is C16H22ClFIN3O. The largest absolute Gasteiger partial charge is 0.381 e. The van der Waals surface area contributed by atoms with Crippen LogP contribution in [0.15, 0.2) is 23.2 Å². The summed E-state index contributed by atoms with van der Waals surface area (Å²) in [4.78, 5) is 4.23. The minimum absolute atomic E-state index is 0. The van der Waals surface area contributed by atoms with E-state index in [1.165, 1.54) is 6.07 Å². The van der Waals surface area contributed by atoms with Gasteiger partial charge in [-0.25, -0.2) is 4.39 Å². The first-order valence-electron chi connectivity index (χ1n) is 7.68. The summed E-state index contributed by atoms with van der Waals surface area (Å²) in [5.74, 6) is 1.18. The van der Waals surface area contributed by atoms with Gasteiger partial charge in [0.25, 0.3) is 0 Å². The Morgan fingerprint density at radius 1 is 1.48 bits per heavy atom. The Morgan fingerprint density at radius 2 is 2.30 bits per heavy atom. The molecule has 4 nitrogen and oxygen atoms in total. The molecule has 1 aliphatic carbocycles. The number of hydrogen-bond acceptors (Lipinski definition) is 2. The molecular weight excluding hydrogens is 432 g/mol. The van der Waals surface area contributed by atoms with Crippen LogP contribution in [0.25, 0.3) is 0 Å². The number of rotatable bonds is 4. The number of nitrogens with zero attached hydrogens (tertiary/aromatic N) is 1. The normalized spacial score (nSPS) is 26.6. The van der Waals surface area contributed by atoms with Gasteiger partial charge in [0.05, 0.1) is 6.61 Å². The lowest BCUT2D eigenvalue weighted by molar-refractivity contribution is 0.186. The Balaban J connectivity index is 0.00000192. The van der Waals surface area contributed by atoms with Crippen molar-refractivity contribution in [2.45, 2.75) is 24.8 Å². The van der Waals surface area contributed by atoms with Crippen LogP contribution in [0, 0.1) is 11.7 Å². The van der Waals surface area contributed by atoms with Crippen molar-refractivity contribution < 1.29 is 9.13 Å². The number of halogens is 3. The van der Waals surface area contributed by atoms with Gasteiger partial charge >= 0.3 is 0 Å². The molecule has 3 atom stereocenters. The van der Waals surface area contributed by atoms with E-state index < -0.39 is 0 Å². The highest BCUT2D eigenvalue weighted by Gasteiger charge is 2.41. The first kappa shape index (κ1) is 18.7. The summed E-state index contributed by atoms with van der Waals surface area (Å²) in [6.07, 6.45) is 1.95. The summed E-state index contributed by atoms with van der Waals surface area (Å²) in [5, 5.41) is 7.16. The zero-order valence-electron chi connectivity index (χ0n) is 13.0. The van der Waals surface area contributed by atoms with E-state index in [2.05, 4.69) is 15.6 Å². The first-order chi connectivity index (χ1) is 10.7. The summed E-state index contributed by atoms with van der Waals surface area (Å²) < 4.78 is 19.3. The molecule has 1 saturated carbocycles. The highest BCUT2D eigenvalue weighted by Crippen LogP contribution is 2.44. The Hall–Kier alpha value is -0.600. The van der Waals surface area contributed by atoms with E-state index in [0.29, 0.717) is 16.5 Å². The Labute approximate surface area is 158 Å². The van der Waals surface area contributed by atoms with E-state index in [1.807, 2.05) is 0 Å². The van der Waals surface area contributed by atoms with Crippen LogP contribution in [-0.2, 0) is 4.74 Å². The van der Waals surface area contributed by atoms with Crippen molar-refractivity contribution >= 4 is 41.5 Å². The zero-order valence-corrected chi connectivity index (χ0v) is 16.1. The van der Waals surface area contributed by atoms with E-state index in [-0.39, 0.29) is 41.8 Å². The van der Waals surface area contributed by atoms with Gasteiger partial charge in [-0.1, -0.05) is 17.7 Å². The van der Waals surface area contributed by atoms with Gasteiger partial charge in [-0.3, -0.25) is 4.99 Å². The predicted octanol–water partition coefficient (Wildman–Crippen LogP) is 3.15. The summed E-state index contributed by atoms with van der Waals surface area (Å²) in [6.45, 7) is 2.49. The average molecular weight is 454 g/mol. The molecule has 0 amide bonds. The van der Waals surface area contributed by atoms with Crippen molar-refractivity contribution in [3.05, 3.63) is 34.6 Å². The number of ether oxygens (including phenoxy) is 1. The number of aliphatic imine (C=N–C) groups is 1. The van der Waals surface area contributed by atoms with E-state index in [1.54, 1.807) is 19.2 Å². The van der Waals surface area contributed by atoms with Crippen molar-refractivity contribution in [1.82, 2.24) is 10.6 Å². The molecule has 1 aromatic rings. The molecule has 0 bridgehead atoms. The third-order valence-corrected chi connectivity index (χ3v) is 4.62. The fraction of sp³-hybridized carbons (Fsp3) is 0.562. The number of guanidine groups is 1. The maximum atomic E-state index is 13.9. The summed E-state index contributed by atoms with van der Waals surface area (Å²) in [7, 11) is 1.74. The molecule has 1 heterocycles. The molecule has 0 aromatic heterocycles. The molecule has 128 valence electrons. The minimum Gasteiger partial charge on any atom is -0.381 e. The van der Waals surface area contributed by atoms with Gasteiger partial charge in [-0.2, -0.15) is 0 Å². The maximum Gasteiger partial charge on any atom is 0.191 e. The third kappa shape index (κ3) is 4.70. The van der Waals surface area contributed by atoms with Gasteiger partial charge in [0, 0.05) is 48.7 Å². The number of nitrogens with one attached hydrogen (secondary N) is 2. The van der Waals surface area contributed by atoms with Crippen molar-refractivity contribution in [3.8, 4) is 0 Å². The molecule has 0 radical (unpaired) electrons. The molecule has 0 spiro atoms. The van der Waals surface area contributed by atoms with Crippen LogP contribution in [-0.4, -0.2) is 38.8 Å². The van der Waals surface area contributed by atoms with Crippen LogP contribution in [0.2, 0.25) is 5.02 Å². The Bertz CT molecular complexity index is 546. The van der Waals surface area contributed by atoms with Crippen LogP contribution >= 0.6 is 35.6 Å². The molecule has 2 N–H and O–H groups in total. The van der Waals surface area contributed by atoms with E-state index >= 15 is 0 Å². The Morgan fingerprint density at radius 3 is 2.96 bits per heavy atom. The van der Waals surface area contributed by atoms with Crippen LogP contribution in [0.4, 0.5) is 4.39 Å². The fourth-order valence-corrected chi connectivity index (χ4v) is 3.20. The second-order valence-corrected chi connectivity index (χ2v) is 6.32. The molecule has 3 rings (SSSR count). The van der Waals surface area contributed by atoms with Gasteiger partial charge in [0.1, 0.15) is 5.82 Å². The second kappa shape index (κ2) is 8.48. The van der Waals surface area contributed by atoms with Crippen molar-refractivity contribution in [1.29, 1.82) is 0 Å². The quantitative estimate of drug-likeness (QED) is 0.418. The summed E-state index contributed by atoms with van der Waals surface area (Å²) in [6, 6.07) is 5.02. The van der Waals surface area contributed by atoms with Crippen LogP contribution in [0.5, 0.6) is 0 Å². The molecule has 23 heavy (non-hydrogen) atoms. The molecule has 1 aromatic carbocycles. The second-order valence-electron chi connectivity index (χ2n) is 5.91. The van der Waals surface area contributed by atoms with E-state index in [4.69, 9.17) is 16.3 Å². The number of hydrogen-bond donors (Lipinski definition) is 2.